The number of carbonyl (C=O) groups is 3. The van der Waals surface area contributed by atoms with Crippen LogP contribution in [0.2, 0.25) is 0 Å². The molecule has 0 aromatic rings. The number of unbranched alkanes of at least 4 members (excludes halogenated alkanes) is 3. The molecule has 3 unspecified atom stereocenters. The van der Waals surface area contributed by atoms with E-state index in [1.807, 2.05) is 20.8 Å². The largest absolute Gasteiger partial charge is 2.00 e. The molecule has 0 amide bonds. The second kappa shape index (κ2) is 26.9. The van der Waals surface area contributed by atoms with E-state index in [0.717, 1.165) is 64.2 Å². The van der Waals surface area contributed by atoms with Gasteiger partial charge in [0.25, 0.3) is 0 Å². The Kier molecular flexibility index (Phi) is 32.4. The fraction of sp³-hybridized carbons (Fsp3) is 0.875. The van der Waals surface area contributed by atoms with Gasteiger partial charge in [-0.25, -0.2) is 0 Å². The molecule has 0 bridgehead atoms. The first-order valence-electron chi connectivity index (χ1n) is 11.8. The van der Waals surface area contributed by atoms with Crippen LogP contribution in [0.1, 0.15) is 119 Å². The molecule has 0 saturated heterocycles. The summed E-state index contributed by atoms with van der Waals surface area (Å²) in [6.07, 6.45) is 10.8. The summed E-state index contributed by atoms with van der Waals surface area (Å²) >= 11 is 0. The molecule has 0 fully saturated rings. The summed E-state index contributed by atoms with van der Waals surface area (Å²) in [6, 6.07) is 0. The third kappa shape index (κ3) is 25.0. The standard InChI is InChI=1S/3C8H16O2.Ni/c3*1-3-5-6-7(4-2)8(9)10;/h3*7H,3-6H2,1-2H3,(H,9,10);/q;;;+2/p-2. The van der Waals surface area contributed by atoms with Crippen molar-refractivity contribution in [1.82, 2.24) is 0 Å². The van der Waals surface area contributed by atoms with E-state index in [1.54, 1.807) is 0 Å². The molecule has 0 aromatic carbocycles. The van der Waals surface area contributed by atoms with Crippen molar-refractivity contribution < 1.29 is 46.2 Å². The van der Waals surface area contributed by atoms with Gasteiger partial charge < -0.3 is 24.9 Å². The molecule has 0 radical (unpaired) electrons. The SMILES string of the molecule is CCCCC(CC)C(=O)O.CCCCC(CC)C(=O)[O-].CCCCC(CC)C(=O)[O-].[Ni+2]. The molecular formula is C24H46NiO6. The first-order valence-corrected chi connectivity index (χ1v) is 11.8. The van der Waals surface area contributed by atoms with Crippen LogP contribution >= 0.6 is 0 Å². The molecule has 31 heavy (non-hydrogen) atoms. The van der Waals surface area contributed by atoms with Crippen molar-refractivity contribution in [3.05, 3.63) is 0 Å². The van der Waals surface area contributed by atoms with E-state index in [1.165, 1.54) is 0 Å². The molecule has 7 heteroatoms. The fourth-order valence-electron chi connectivity index (χ4n) is 2.83. The first-order chi connectivity index (χ1) is 14.2. The second-order valence-corrected chi connectivity index (χ2v) is 7.72. The molecule has 0 aromatic heterocycles. The predicted octanol–water partition coefficient (Wildman–Crippen LogP) is 4.19. The molecule has 0 aliphatic carbocycles. The van der Waals surface area contributed by atoms with Gasteiger partial charge in [0.2, 0.25) is 0 Å². The van der Waals surface area contributed by atoms with Gasteiger partial charge in [0.15, 0.2) is 0 Å². The molecule has 0 rings (SSSR count). The Morgan fingerprint density at radius 2 is 0.871 bits per heavy atom. The average Bonchev–Trinajstić information content (AvgIpc) is 2.70. The van der Waals surface area contributed by atoms with Crippen LogP contribution in [0.15, 0.2) is 0 Å². The second-order valence-electron chi connectivity index (χ2n) is 7.72. The van der Waals surface area contributed by atoms with Gasteiger partial charge in [-0.15, -0.1) is 0 Å². The Morgan fingerprint density at radius 1 is 0.613 bits per heavy atom. The maximum Gasteiger partial charge on any atom is 2.00 e. The van der Waals surface area contributed by atoms with Crippen LogP contribution in [0.4, 0.5) is 0 Å². The van der Waals surface area contributed by atoms with Crippen LogP contribution in [0, 0.1) is 17.8 Å². The van der Waals surface area contributed by atoms with Crippen molar-refractivity contribution in [1.29, 1.82) is 0 Å². The Balaban J connectivity index is -0.000000174. The van der Waals surface area contributed by atoms with Gasteiger partial charge in [-0.1, -0.05) is 80.1 Å². The molecule has 0 heterocycles. The van der Waals surface area contributed by atoms with Crippen LogP contribution < -0.4 is 10.2 Å². The Morgan fingerprint density at radius 3 is 1.03 bits per heavy atom. The first kappa shape index (κ1) is 37.2. The number of carboxylic acids is 3. The summed E-state index contributed by atoms with van der Waals surface area (Å²) in [7, 11) is 0. The topological polar surface area (TPSA) is 118 Å². The van der Waals surface area contributed by atoms with Gasteiger partial charge in [0, 0.05) is 11.9 Å². The Labute approximate surface area is 200 Å². The molecule has 0 aliphatic heterocycles. The average molecular weight is 489 g/mol. The van der Waals surface area contributed by atoms with Crippen LogP contribution in [0.5, 0.6) is 0 Å². The molecule has 3 atom stereocenters. The van der Waals surface area contributed by atoms with Crippen molar-refractivity contribution in [3.63, 3.8) is 0 Å². The van der Waals surface area contributed by atoms with Crippen LogP contribution in [-0.4, -0.2) is 23.0 Å². The monoisotopic (exact) mass is 488 g/mol. The Bertz CT molecular complexity index is 366. The maximum atomic E-state index is 10.4. The summed E-state index contributed by atoms with van der Waals surface area (Å²) in [5.74, 6) is -2.98. The third-order valence-corrected chi connectivity index (χ3v) is 5.21. The minimum absolute atomic E-state index is 0. The predicted molar refractivity (Wildman–Crippen MR) is 118 cm³/mol. The molecule has 188 valence electrons. The van der Waals surface area contributed by atoms with E-state index in [-0.39, 0.29) is 34.2 Å². The van der Waals surface area contributed by atoms with E-state index >= 15 is 0 Å². The molecule has 1 N–H and O–H groups in total. The minimum atomic E-state index is -0.893. The van der Waals surface area contributed by atoms with Gasteiger partial charge in [0.1, 0.15) is 0 Å². The van der Waals surface area contributed by atoms with Crippen molar-refractivity contribution >= 4 is 17.9 Å². The summed E-state index contributed by atoms with van der Waals surface area (Å²) in [5, 5.41) is 29.3. The summed E-state index contributed by atoms with van der Waals surface area (Å²) < 4.78 is 0. The number of carbonyl (C=O) groups excluding carboxylic acids is 2. The number of hydrogen-bond acceptors (Lipinski definition) is 5. The van der Waals surface area contributed by atoms with Crippen molar-refractivity contribution in [2.45, 2.75) is 119 Å². The van der Waals surface area contributed by atoms with Crippen LogP contribution in [-0.2, 0) is 30.9 Å². The molecule has 6 nitrogen and oxygen atoms in total. The van der Waals surface area contributed by atoms with Crippen molar-refractivity contribution in [3.8, 4) is 0 Å². The van der Waals surface area contributed by atoms with E-state index in [0.29, 0.717) is 12.8 Å². The zero-order valence-electron chi connectivity index (χ0n) is 20.5. The zero-order valence-corrected chi connectivity index (χ0v) is 21.5. The molecule has 0 saturated carbocycles. The minimum Gasteiger partial charge on any atom is -0.550 e. The fourth-order valence-corrected chi connectivity index (χ4v) is 2.83. The van der Waals surface area contributed by atoms with Crippen LogP contribution in [0.25, 0.3) is 0 Å². The van der Waals surface area contributed by atoms with Gasteiger partial charge in [-0.2, -0.15) is 0 Å². The summed E-state index contributed by atoms with van der Waals surface area (Å²) in [6.45, 7) is 11.9. The number of aliphatic carboxylic acids is 3. The van der Waals surface area contributed by atoms with Crippen molar-refractivity contribution in [2.75, 3.05) is 0 Å². The van der Waals surface area contributed by atoms with Gasteiger partial charge >= 0.3 is 22.5 Å². The zero-order chi connectivity index (χ0) is 23.9. The van der Waals surface area contributed by atoms with E-state index in [2.05, 4.69) is 20.8 Å². The number of carboxylic acid groups (broad SMARTS) is 3. The summed E-state index contributed by atoms with van der Waals surface area (Å²) in [4.78, 5) is 31.1. The third-order valence-electron chi connectivity index (χ3n) is 5.21. The number of hydrogen-bond donors (Lipinski definition) is 1. The van der Waals surface area contributed by atoms with Gasteiger partial charge in [-0.3, -0.25) is 4.79 Å². The molecule has 0 spiro atoms. The van der Waals surface area contributed by atoms with E-state index in [9.17, 15) is 24.6 Å². The van der Waals surface area contributed by atoms with Gasteiger partial charge in [-0.05, 0) is 50.4 Å². The molecular weight excluding hydrogens is 443 g/mol. The van der Waals surface area contributed by atoms with E-state index < -0.39 is 17.9 Å². The summed E-state index contributed by atoms with van der Waals surface area (Å²) in [5.41, 5.74) is 0. The maximum absolute atomic E-state index is 10.4. The van der Waals surface area contributed by atoms with E-state index in [4.69, 9.17) is 5.11 Å². The van der Waals surface area contributed by atoms with Crippen LogP contribution in [0.3, 0.4) is 0 Å². The number of rotatable bonds is 15. The van der Waals surface area contributed by atoms with Gasteiger partial charge in [0.05, 0.1) is 5.92 Å². The van der Waals surface area contributed by atoms with Crippen molar-refractivity contribution in [2.24, 2.45) is 17.8 Å². The smallest absolute Gasteiger partial charge is 0.550 e. The quantitative estimate of drug-likeness (QED) is 0.345. The Hall–Kier alpha value is -1.10. The normalized spacial score (nSPS) is 12.6. The molecule has 0 aliphatic rings.